The Morgan fingerprint density at radius 3 is 3.00 bits per heavy atom. The van der Waals surface area contributed by atoms with Gasteiger partial charge in [0.25, 0.3) is 0 Å². The van der Waals surface area contributed by atoms with E-state index in [1.54, 1.807) is 12.1 Å². The molecule has 0 spiro atoms. The minimum atomic E-state index is -0.472. The summed E-state index contributed by atoms with van der Waals surface area (Å²) >= 11 is 0. The second-order valence-corrected chi connectivity index (χ2v) is 4.11. The molecule has 1 aliphatic rings. The summed E-state index contributed by atoms with van der Waals surface area (Å²) in [5, 5.41) is 17.6. The van der Waals surface area contributed by atoms with Gasteiger partial charge in [-0.2, -0.15) is 10.5 Å². The van der Waals surface area contributed by atoms with Crippen molar-refractivity contribution in [2.24, 2.45) is 0 Å². The van der Waals surface area contributed by atoms with Gasteiger partial charge in [0.15, 0.2) is 6.10 Å². The van der Waals surface area contributed by atoms with Crippen LogP contribution in [0.5, 0.6) is 0 Å². The van der Waals surface area contributed by atoms with E-state index in [0.717, 1.165) is 0 Å². The minimum absolute atomic E-state index is 0.0533. The molecule has 0 amide bonds. The van der Waals surface area contributed by atoms with E-state index >= 15 is 0 Å². The average Bonchev–Trinajstić information content (AvgIpc) is 2.41. The Bertz CT molecular complexity index is 518. The first-order valence-electron chi connectivity index (χ1n) is 5.65. The van der Waals surface area contributed by atoms with E-state index in [-0.39, 0.29) is 5.56 Å². The summed E-state index contributed by atoms with van der Waals surface area (Å²) in [6.07, 6.45) is -0.457. The maximum absolute atomic E-state index is 13.9. The van der Waals surface area contributed by atoms with Crippen LogP contribution >= 0.6 is 0 Å². The van der Waals surface area contributed by atoms with Crippen molar-refractivity contribution in [1.82, 2.24) is 4.90 Å². The molecule has 0 aliphatic carbocycles. The van der Waals surface area contributed by atoms with Crippen LogP contribution in [0.15, 0.2) is 18.2 Å². The van der Waals surface area contributed by atoms with Crippen LogP contribution in [0.4, 0.5) is 4.39 Å². The third-order valence-electron chi connectivity index (χ3n) is 2.89. The highest BCUT2D eigenvalue weighted by Crippen LogP contribution is 2.16. The summed E-state index contributed by atoms with van der Waals surface area (Å²) in [7, 11) is 0. The fraction of sp³-hybridized carbons (Fsp3) is 0.385. The minimum Gasteiger partial charge on any atom is -0.361 e. The lowest BCUT2D eigenvalue weighted by molar-refractivity contribution is -0.00304. The summed E-state index contributed by atoms with van der Waals surface area (Å²) < 4.78 is 19.1. The van der Waals surface area contributed by atoms with Crippen LogP contribution in [0.25, 0.3) is 0 Å². The first-order chi connectivity index (χ1) is 8.74. The van der Waals surface area contributed by atoms with Crippen molar-refractivity contribution in [1.29, 1.82) is 10.5 Å². The van der Waals surface area contributed by atoms with Crippen LogP contribution < -0.4 is 0 Å². The molecule has 0 radical (unpaired) electrons. The molecular formula is C13H12FN3O. The summed E-state index contributed by atoms with van der Waals surface area (Å²) in [6.45, 7) is 1.99. The molecule has 1 aliphatic heterocycles. The summed E-state index contributed by atoms with van der Waals surface area (Å²) in [5.74, 6) is -0.472. The highest BCUT2D eigenvalue weighted by molar-refractivity contribution is 5.34. The van der Waals surface area contributed by atoms with Crippen LogP contribution in [0.3, 0.4) is 0 Å². The number of hydrogen-bond acceptors (Lipinski definition) is 4. The predicted molar refractivity (Wildman–Crippen MR) is 61.7 cm³/mol. The Morgan fingerprint density at radius 1 is 1.44 bits per heavy atom. The Morgan fingerprint density at radius 2 is 2.28 bits per heavy atom. The highest BCUT2D eigenvalue weighted by Gasteiger charge is 2.21. The van der Waals surface area contributed by atoms with Crippen molar-refractivity contribution in [3.05, 3.63) is 35.1 Å². The summed E-state index contributed by atoms with van der Waals surface area (Å²) in [5.41, 5.74) is 0.533. The van der Waals surface area contributed by atoms with E-state index in [1.807, 2.05) is 17.0 Å². The van der Waals surface area contributed by atoms with E-state index in [4.69, 9.17) is 15.3 Å². The van der Waals surface area contributed by atoms with Crippen molar-refractivity contribution >= 4 is 0 Å². The van der Waals surface area contributed by atoms with Gasteiger partial charge in [0.05, 0.1) is 18.2 Å². The van der Waals surface area contributed by atoms with Gasteiger partial charge in [0.1, 0.15) is 11.9 Å². The molecule has 0 aromatic heterocycles. The highest BCUT2D eigenvalue weighted by atomic mass is 19.1. The quantitative estimate of drug-likeness (QED) is 0.790. The molecule has 0 N–H and O–H groups in total. The lowest BCUT2D eigenvalue weighted by atomic mass is 10.1. The maximum Gasteiger partial charge on any atom is 0.156 e. The number of hydrogen-bond donors (Lipinski definition) is 0. The number of ether oxygens (including phenoxy) is 1. The molecule has 92 valence electrons. The molecular weight excluding hydrogens is 233 g/mol. The lowest BCUT2D eigenvalue weighted by Crippen LogP contribution is -2.41. The molecule has 1 fully saturated rings. The summed E-state index contributed by atoms with van der Waals surface area (Å²) in [4.78, 5) is 1.96. The van der Waals surface area contributed by atoms with Gasteiger partial charge in [-0.1, -0.05) is 12.1 Å². The molecule has 18 heavy (non-hydrogen) atoms. The summed E-state index contributed by atoms with van der Waals surface area (Å²) in [6, 6.07) is 8.65. The molecule has 1 atom stereocenters. The van der Waals surface area contributed by atoms with Crippen LogP contribution in [0.1, 0.15) is 11.1 Å². The molecule has 0 saturated carbocycles. The Hall–Kier alpha value is -1.95. The van der Waals surface area contributed by atoms with Gasteiger partial charge in [0, 0.05) is 25.2 Å². The van der Waals surface area contributed by atoms with E-state index in [2.05, 4.69) is 0 Å². The van der Waals surface area contributed by atoms with Crippen molar-refractivity contribution in [2.75, 3.05) is 19.7 Å². The van der Waals surface area contributed by atoms with Crippen LogP contribution in [0, 0.1) is 28.5 Å². The van der Waals surface area contributed by atoms with E-state index in [0.29, 0.717) is 31.8 Å². The molecule has 1 unspecified atom stereocenters. The van der Waals surface area contributed by atoms with Crippen LogP contribution in [-0.2, 0) is 11.3 Å². The van der Waals surface area contributed by atoms with Gasteiger partial charge in [-0.05, 0) is 6.07 Å². The van der Waals surface area contributed by atoms with Crippen LogP contribution in [0.2, 0.25) is 0 Å². The maximum atomic E-state index is 13.9. The van der Waals surface area contributed by atoms with Gasteiger partial charge in [0.2, 0.25) is 0 Å². The van der Waals surface area contributed by atoms with Gasteiger partial charge in [-0.3, -0.25) is 4.90 Å². The van der Waals surface area contributed by atoms with Crippen molar-refractivity contribution in [2.45, 2.75) is 12.6 Å². The topological polar surface area (TPSA) is 60.1 Å². The standard InChI is InChI=1S/C13H12FN3O/c14-13-10(6-15)2-1-3-11(13)8-17-4-5-18-12(7-16)9-17/h1-3,12H,4-5,8-9H2. The number of nitriles is 2. The van der Waals surface area contributed by atoms with Crippen molar-refractivity contribution in [3.8, 4) is 12.1 Å². The molecule has 1 heterocycles. The van der Waals surface area contributed by atoms with Gasteiger partial charge >= 0.3 is 0 Å². The van der Waals surface area contributed by atoms with Crippen LogP contribution in [-0.4, -0.2) is 30.7 Å². The van der Waals surface area contributed by atoms with Crippen molar-refractivity contribution < 1.29 is 9.13 Å². The Balaban J connectivity index is 2.10. The third-order valence-corrected chi connectivity index (χ3v) is 2.89. The van der Waals surface area contributed by atoms with Gasteiger partial charge in [-0.15, -0.1) is 0 Å². The fourth-order valence-electron chi connectivity index (χ4n) is 1.95. The van der Waals surface area contributed by atoms with E-state index in [9.17, 15) is 4.39 Å². The largest absolute Gasteiger partial charge is 0.361 e. The normalized spacial score (nSPS) is 20.1. The SMILES string of the molecule is N#Cc1cccc(CN2CCOC(C#N)C2)c1F. The Kier molecular flexibility index (Phi) is 3.88. The smallest absolute Gasteiger partial charge is 0.156 e. The van der Waals surface area contributed by atoms with Crippen molar-refractivity contribution in [3.63, 3.8) is 0 Å². The first-order valence-corrected chi connectivity index (χ1v) is 5.65. The predicted octanol–water partition coefficient (Wildman–Crippen LogP) is 1.42. The van der Waals surface area contributed by atoms with Gasteiger partial charge in [-0.25, -0.2) is 4.39 Å². The molecule has 4 nitrogen and oxygen atoms in total. The molecule has 0 bridgehead atoms. The van der Waals surface area contributed by atoms with E-state index in [1.165, 1.54) is 6.07 Å². The average molecular weight is 245 g/mol. The van der Waals surface area contributed by atoms with Gasteiger partial charge < -0.3 is 4.74 Å². The van der Waals surface area contributed by atoms with E-state index < -0.39 is 11.9 Å². The zero-order valence-corrected chi connectivity index (χ0v) is 9.77. The molecule has 1 saturated heterocycles. The first kappa shape index (κ1) is 12.5. The monoisotopic (exact) mass is 245 g/mol. The zero-order chi connectivity index (χ0) is 13.0. The third kappa shape index (κ3) is 2.65. The second kappa shape index (κ2) is 5.59. The number of nitrogens with zero attached hydrogens (tertiary/aromatic N) is 3. The molecule has 1 aromatic rings. The molecule has 2 rings (SSSR count). The zero-order valence-electron chi connectivity index (χ0n) is 9.77. The second-order valence-electron chi connectivity index (χ2n) is 4.11. The number of rotatable bonds is 2. The molecule has 5 heteroatoms. The molecule has 1 aromatic carbocycles. The lowest BCUT2D eigenvalue weighted by Gasteiger charge is -2.29. The Labute approximate surface area is 105 Å². The number of halogens is 1. The fourth-order valence-corrected chi connectivity index (χ4v) is 1.95. The number of morpholine rings is 1. The number of benzene rings is 1.